The number of carbonyl (C=O) groups is 1. The summed E-state index contributed by atoms with van der Waals surface area (Å²) in [7, 11) is 0. The first-order valence-electron chi connectivity index (χ1n) is 6.83. The molecule has 0 aliphatic carbocycles. The Morgan fingerprint density at radius 3 is 2.61 bits per heavy atom. The highest BCUT2D eigenvalue weighted by molar-refractivity contribution is 9.10. The number of hydrogen-bond donors (Lipinski definition) is 2. The van der Waals surface area contributed by atoms with Crippen molar-refractivity contribution >= 4 is 32.7 Å². The predicted molar refractivity (Wildman–Crippen MR) is 92.2 cm³/mol. The van der Waals surface area contributed by atoms with Crippen LogP contribution in [0.15, 0.2) is 51.9 Å². The van der Waals surface area contributed by atoms with Gasteiger partial charge >= 0.3 is 0 Å². The molecule has 0 aliphatic rings. The smallest absolute Gasteiger partial charge is 0.254 e. The lowest BCUT2D eigenvalue weighted by Crippen LogP contribution is -2.24. The summed E-state index contributed by atoms with van der Waals surface area (Å²) in [4.78, 5) is 24.0. The number of aromatic hydroxyl groups is 1. The number of carbonyl (C=O) groups excluding carboxylic acids is 1. The fourth-order valence-corrected chi connectivity index (χ4v) is 2.93. The van der Waals surface area contributed by atoms with Crippen molar-refractivity contribution in [2.24, 2.45) is 5.73 Å². The Balaban J connectivity index is 2.48. The molecule has 116 valence electrons. The van der Waals surface area contributed by atoms with Crippen LogP contribution in [0.4, 0.5) is 0 Å². The molecule has 0 unspecified atom stereocenters. The maximum Gasteiger partial charge on any atom is 0.254 e. The van der Waals surface area contributed by atoms with Gasteiger partial charge < -0.3 is 15.4 Å². The molecule has 1 heterocycles. The Kier molecular flexibility index (Phi) is 3.69. The van der Waals surface area contributed by atoms with Gasteiger partial charge in [-0.3, -0.25) is 9.59 Å². The van der Waals surface area contributed by atoms with Gasteiger partial charge in [0.2, 0.25) is 5.43 Å². The molecule has 0 radical (unpaired) electrons. The van der Waals surface area contributed by atoms with Crippen molar-refractivity contribution in [2.45, 2.75) is 6.92 Å². The highest BCUT2D eigenvalue weighted by Gasteiger charge is 2.15. The summed E-state index contributed by atoms with van der Waals surface area (Å²) in [5, 5.41) is 9.99. The SMILES string of the molecule is Cc1cc(O)ccc1-n1cc(C(N)=O)c(=O)c2ccc(Br)cc21. The van der Waals surface area contributed by atoms with Crippen LogP contribution in [0.5, 0.6) is 5.75 Å². The Morgan fingerprint density at radius 1 is 1.22 bits per heavy atom. The fourth-order valence-electron chi connectivity index (χ4n) is 2.58. The van der Waals surface area contributed by atoms with Crippen LogP contribution in [0.1, 0.15) is 15.9 Å². The van der Waals surface area contributed by atoms with E-state index < -0.39 is 11.3 Å². The van der Waals surface area contributed by atoms with Gasteiger partial charge in [0.15, 0.2) is 0 Å². The molecular weight excluding hydrogens is 360 g/mol. The monoisotopic (exact) mass is 372 g/mol. The van der Waals surface area contributed by atoms with Crippen LogP contribution in [-0.2, 0) is 0 Å². The van der Waals surface area contributed by atoms with Gasteiger partial charge in [0.05, 0.1) is 5.52 Å². The molecule has 1 amide bonds. The zero-order valence-corrected chi connectivity index (χ0v) is 13.8. The molecule has 23 heavy (non-hydrogen) atoms. The van der Waals surface area contributed by atoms with Crippen LogP contribution < -0.4 is 11.2 Å². The molecule has 2 aromatic carbocycles. The third-order valence-electron chi connectivity index (χ3n) is 3.67. The van der Waals surface area contributed by atoms with Gasteiger partial charge in [0.25, 0.3) is 5.91 Å². The number of nitrogens with two attached hydrogens (primary N) is 1. The molecule has 3 aromatic rings. The quantitative estimate of drug-likeness (QED) is 0.725. The van der Waals surface area contributed by atoms with Crippen molar-refractivity contribution in [1.29, 1.82) is 0 Å². The lowest BCUT2D eigenvalue weighted by molar-refractivity contribution is 0.0999. The van der Waals surface area contributed by atoms with Crippen molar-refractivity contribution in [3.05, 3.63) is 68.4 Å². The number of pyridine rings is 1. The minimum Gasteiger partial charge on any atom is -0.508 e. The molecule has 0 atom stereocenters. The maximum atomic E-state index is 12.4. The first kappa shape index (κ1) is 15.3. The molecule has 3 rings (SSSR count). The molecule has 0 spiro atoms. The number of fused-ring (bicyclic) bond motifs is 1. The molecule has 0 saturated heterocycles. The summed E-state index contributed by atoms with van der Waals surface area (Å²) in [5.74, 6) is -0.627. The van der Waals surface area contributed by atoms with Crippen molar-refractivity contribution < 1.29 is 9.90 Å². The molecule has 6 heteroatoms. The summed E-state index contributed by atoms with van der Waals surface area (Å²) in [6.07, 6.45) is 1.44. The number of benzene rings is 2. The Hall–Kier alpha value is -2.60. The topological polar surface area (TPSA) is 85.3 Å². The maximum absolute atomic E-state index is 12.4. The van der Waals surface area contributed by atoms with E-state index in [0.29, 0.717) is 10.9 Å². The lowest BCUT2D eigenvalue weighted by Gasteiger charge is -2.15. The van der Waals surface area contributed by atoms with Crippen LogP contribution in [0.25, 0.3) is 16.6 Å². The number of halogens is 1. The van der Waals surface area contributed by atoms with Gasteiger partial charge in [0.1, 0.15) is 11.3 Å². The van der Waals surface area contributed by atoms with Crippen LogP contribution in [0.2, 0.25) is 0 Å². The van der Waals surface area contributed by atoms with Gasteiger partial charge in [-0.2, -0.15) is 0 Å². The number of nitrogens with zero attached hydrogens (tertiary/aromatic N) is 1. The zero-order chi connectivity index (χ0) is 16.7. The molecule has 1 aromatic heterocycles. The minimum absolute atomic E-state index is 0.0766. The number of phenolic OH excluding ortho intramolecular Hbond substituents is 1. The van der Waals surface area contributed by atoms with E-state index in [9.17, 15) is 14.7 Å². The van der Waals surface area contributed by atoms with E-state index in [1.165, 1.54) is 6.20 Å². The number of amides is 1. The average Bonchev–Trinajstić information content (AvgIpc) is 2.48. The molecular formula is C17H13BrN2O3. The Morgan fingerprint density at radius 2 is 1.96 bits per heavy atom. The molecule has 3 N–H and O–H groups in total. The van der Waals surface area contributed by atoms with E-state index in [-0.39, 0.29) is 11.3 Å². The van der Waals surface area contributed by atoms with E-state index in [0.717, 1.165) is 15.7 Å². The van der Waals surface area contributed by atoms with E-state index in [1.807, 2.05) is 6.92 Å². The number of aryl methyl sites for hydroxylation is 1. The summed E-state index contributed by atoms with van der Waals surface area (Å²) in [6.45, 7) is 1.83. The number of primary amides is 1. The van der Waals surface area contributed by atoms with E-state index >= 15 is 0 Å². The first-order valence-corrected chi connectivity index (χ1v) is 7.62. The summed E-state index contributed by atoms with van der Waals surface area (Å²) in [5.41, 5.74) is 7.05. The molecule has 0 saturated carbocycles. The number of phenols is 1. The Labute approximate surface area is 140 Å². The van der Waals surface area contributed by atoms with E-state index in [4.69, 9.17) is 5.73 Å². The van der Waals surface area contributed by atoms with Gasteiger partial charge in [-0.25, -0.2) is 0 Å². The van der Waals surface area contributed by atoms with Gasteiger partial charge in [-0.05, 0) is 48.9 Å². The zero-order valence-electron chi connectivity index (χ0n) is 12.2. The van der Waals surface area contributed by atoms with Gasteiger partial charge in [-0.1, -0.05) is 15.9 Å². The largest absolute Gasteiger partial charge is 0.508 e. The van der Waals surface area contributed by atoms with Gasteiger partial charge in [-0.15, -0.1) is 0 Å². The van der Waals surface area contributed by atoms with Crippen molar-refractivity contribution in [3.63, 3.8) is 0 Å². The lowest BCUT2D eigenvalue weighted by atomic mass is 10.1. The van der Waals surface area contributed by atoms with Gasteiger partial charge in [0, 0.05) is 21.7 Å². The highest BCUT2D eigenvalue weighted by Crippen LogP contribution is 2.25. The Bertz CT molecular complexity index is 1010. The second-order valence-electron chi connectivity index (χ2n) is 5.24. The third kappa shape index (κ3) is 2.61. The predicted octanol–water partition coefficient (Wildman–Crippen LogP) is 2.87. The second kappa shape index (κ2) is 5.55. The number of aromatic nitrogens is 1. The van der Waals surface area contributed by atoms with Crippen LogP contribution in [0.3, 0.4) is 0 Å². The molecule has 0 aliphatic heterocycles. The van der Waals surface area contributed by atoms with Crippen LogP contribution in [0, 0.1) is 6.92 Å². The normalized spacial score (nSPS) is 10.9. The average molecular weight is 373 g/mol. The number of rotatable bonds is 2. The van der Waals surface area contributed by atoms with E-state index in [2.05, 4.69) is 15.9 Å². The summed E-state index contributed by atoms with van der Waals surface area (Å²) < 4.78 is 2.54. The van der Waals surface area contributed by atoms with Crippen LogP contribution in [-0.4, -0.2) is 15.6 Å². The summed E-state index contributed by atoms with van der Waals surface area (Å²) >= 11 is 3.39. The first-order chi connectivity index (χ1) is 10.9. The minimum atomic E-state index is -0.773. The molecule has 0 bridgehead atoms. The standard InChI is InChI=1S/C17H13BrN2O3/c1-9-6-11(21)3-5-14(9)20-8-13(17(19)23)16(22)12-4-2-10(18)7-15(12)20/h2-8,21H,1H3,(H2,19,23). The van der Waals surface area contributed by atoms with E-state index in [1.54, 1.807) is 41.0 Å². The fraction of sp³-hybridized carbons (Fsp3) is 0.0588. The third-order valence-corrected chi connectivity index (χ3v) is 4.17. The highest BCUT2D eigenvalue weighted by atomic mass is 79.9. The van der Waals surface area contributed by atoms with Crippen molar-refractivity contribution in [1.82, 2.24) is 4.57 Å². The molecule has 5 nitrogen and oxygen atoms in total. The number of hydrogen-bond acceptors (Lipinski definition) is 3. The van der Waals surface area contributed by atoms with Crippen LogP contribution >= 0.6 is 15.9 Å². The van der Waals surface area contributed by atoms with Crippen molar-refractivity contribution in [3.8, 4) is 11.4 Å². The molecule has 0 fully saturated rings. The summed E-state index contributed by atoms with van der Waals surface area (Å²) in [6, 6.07) is 10.1. The second-order valence-corrected chi connectivity index (χ2v) is 6.15. The van der Waals surface area contributed by atoms with Crippen molar-refractivity contribution in [2.75, 3.05) is 0 Å².